The van der Waals surface area contributed by atoms with Crippen LogP contribution in [0.5, 0.6) is 0 Å². The lowest BCUT2D eigenvalue weighted by Crippen LogP contribution is -2.03. The Labute approximate surface area is 99.5 Å². The molecule has 2 N–H and O–H groups in total. The Kier molecular flexibility index (Phi) is 2.29. The molecule has 17 heavy (non-hydrogen) atoms. The van der Waals surface area contributed by atoms with Gasteiger partial charge in [0.25, 0.3) is 0 Å². The van der Waals surface area contributed by atoms with E-state index >= 15 is 0 Å². The number of aromatic nitrogens is 2. The van der Waals surface area contributed by atoms with E-state index in [9.17, 15) is 0 Å². The average molecular weight is 223 g/mol. The van der Waals surface area contributed by atoms with Gasteiger partial charge >= 0.3 is 0 Å². The van der Waals surface area contributed by atoms with E-state index in [0.717, 1.165) is 6.54 Å². The molecule has 3 rings (SSSR count). The second-order valence-electron chi connectivity index (χ2n) is 4.05. The van der Waals surface area contributed by atoms with Crippen molar-refractivity contribution in [2.45, 2.75) is 6.54 Å². The predicted octanol–water partition coefficient (Wildman–Crippen LogP) is 2.67. The third kappa shape index (κ3) is 1.76. The minimum absolute atomic E-state index is 0.554. The van der Waals surface area contributed by atoms with Crippen LogP contribution in [-0.2, 0) is 6.54 Å². The van der Waals surface area contributed by atoms with Gasteiger partial charge in [0.15, 0.2) is 5.95 Å². The molecule has 0 radical (unpaired) electrons. The summed E-state index contributed by atoms with van der Waals surface area (Å²) < 4.78 is 1.95. The van der Waals surface area contributed by atoms with Crippen molar-refractivity contribution >= 4 is 16.7 Å². The summed E-state index contributed by atoms with van der Waals surface area (Å²) in [6.07, 6.45) is 3.62. The normalized spacial score (nSPS) is 10.8. The highest BCUT2D eigenvalue weighted by atomic mass is 15.1. The van der Waals surface area contributed by atoms with Crippen LogP contribution in [0.1, 0.15) is 5.56 Å². The van der Waals surface area contributed by atoms with E-state index in [1.165, 1.54) is 16.3 Å². The standard InChI is InChI=1S/C14H13N3/c15-14-16-8-9-17(14)10-12-6-3-5-11-4-1-2-7-13(11)12/h1-9H,10H2,(H2,15,16). The van der Waals surface area contributed by atoms with Gasteiger partial charge in [0.05, 0.1) is 6.54 Å². The molecule has 0 atom stereocenters. The molecular weight excluding hydrogens is 210 g/mol. The molecule has 1 aromatic heterocycles. The summed E-state index contributed by atoms with van der Waals surface area (Å²) in [4.78, 5) is 4.03. The molecule has 2 aromatic carbocycles. The minimum atomic E-state index is 0.554. The van der Waals surface area contributed by atoms with Crippen LogP contribution in [0.3, 0.4) is 0 Å². The summed E-state index contributed by atoms with van der Waals surface area (Å²) in [5.41, 5.74) is 7.04. The fourth-order valence-corrected chi connectivity index (χ4v) is 2.09. The van der Waals surface area contributed by atoms with E-state index in [0.29, 0.717) is 5.95 Å². The second-order valence-corrected chi connectivity index (χ2v) is 4.05. The Bertz CT molecular complexity index is 650. The zero-order valence-corrected chi connectivity index (χ0v) is 9.38. The molecular formula is C14H13N3. The first-order valence-corrected chi connectivity index (χ1v) is 5.58. The van der Waals surface area contributed by atoms with E-state index in [1.807, 2.05) is 10.8 Å². The monoisotopic (exact) mass is 223 g/mol. The molecule has 84 valence electrons. The highest BCUT2D eigenvalue weighted by molar-refractivity contribution is 5.85. The zero-order valence-electron chi connectivity index (χ0n) is 9.38. The first-order chi connectivity index (χ1) is 8.34. The Morgan fingerprint density at radius 3 is 2.71 bits per heavy atom. The lowest BCUT2D eigenvalue weighted by Gasteiger charge is -2.08. The lowest BCUT2D eigenvalue weighted by molar-refractivity contribution is 0.816. The molecule has 0 aliphatic heterocycles. The van der Waals surface area contributed by atoms with E-state index in [-0.39, 0.29) is 0 Å². The molecule has 3 aromatic rings. The van der Waals surface area contributed by atoms with Crippen molar-refractivity contribution in [2.24, 2.45) is 0 Å². The number of imidazole rings is 1. The van der Waals surface area contributed by atoms with Crippen LogP contribution >= 0.6 is 0 Å². The van der Waals surface area contributed by atoms with Gasteiger partial charge in [0, 0.05) is 12.4 Å². The maximum atomic E-state index is 5.78. The SMILES string of the molecule is Nc1nccn1Cc1cccc2ccccc12. The van der Waals surface area contributed by atoms with E-state index in [4.69, 9.17) is 5.73 Å². The van der Waals surface area contributed by atoms with E-state index < -0.39 is 0 Å². The van der Waals surface area contributed by atoms with Crippen molar-refractivity contribution < 1.29 is 0 Å². The highest BCUT2D eigenvalue weighted by Gasteiger charge is 2.03. The van der Waals surface area contributed by atoms with E-state index in [2.05, 4.69) is 47.4 Å². The number of nitrogens with two attached hydrogens (primary N) is 1. The quantitative estimate of drug-likeness (QED) is 0.725. The number of hydrogen-bond donors (Lipinski definition) is 1. The van der Waals surface area contributed by atoms with Gasteiger partial charge in [0.2, 0.25) is 0 Å². The van der Waals surface area contributed by atoms with Gasteiger partial charge in [-0.1, -0.05) is 42.5 Å². The number of hydrogen-bond acceptors (Lipinski definition) is 2. The van der Waals surface area contributed by atoms with Crippen molar-refractivity contribution in [3.8, 4) is 0 Å². The van der Waals surface area contributed by atoms with Crippen LogP contribution in [0.2, 0.25) is 0 Å². The van der Waals surface area contributed by atoms with Crippen LogP contribution < -0.4 is 5.73 Å². The van der Waals surface area contributed by atoms with Gasteiger partial charge < -0.3 is 10.3 Å². The summed E-state index contributed by atoms with van der Waals surface area (Å²) in [5.74, 6) is 0.554. The van der Waals surface area contributed by atoms with Crippen LogP contribution in [0, 0.1) is 0 Å². The number of anilines is 1. The molecule has 0 unspecified atom stereocenters. The smallest absolute Gasteiger partial charge is 0.200 e. The molecule has 0 amide bonds. The molecule has 3 heteroatoms. The molecule has 1 heterocycles. The van der Waals surface area contributed by atoms with Gasteiger partial charge in [-0.3, -0.25) is 0 Å². The molecule has 0 bridgehead atoms. The molecule has 0 saturated carbocycles. The fourth-order valence-electron chi connectivity index (χ4n) is 2.09. The van der Waals surface area contributed by atoms with Crippen LogP contribution in [0.15, 0.2) is 54.9 Å². The third-order valence-electron chi connectivity index (χ3n) is 2.97. The Hall–Kier alpha value is -2.29. The number of fused-ring (bicyclic) bond motifs is 1. The fraction of sp³-hybridized carbons (Fsp3) is 0.0714. The first kappa shape index (κ1) is 9.90. The summed E-state index contributed by atoms with van der Waals surface area (Å²) in [7, 11) is 0. The van der Waals surface area contributed by atoms with E-state index in [1.54, 1.807) is 6.20 Å². The lowest BCUT2D eigenvalue weighted by atomic mass is 10.0. The average Bonchev–Trinajstić information content (AvgIpc) is 2.76. The summed E-state index contributed by atoms with van der Waals surface area (Å²) in [6, 6.07) is 14.7. The second kappa shape index (κ2) is 3.94. The van der Waals surface area contributed by atoms with Gasteiger partial charge in [-0.15, -0.1) is 0 Å². The summed E-state index contributed by atoms with van der Waals surface area (Å²) >= 11 is 0. The summed E-state index contributed by atoms with van der Waals surface area (Å²) in [6.45, 7) is 0.757. The summed E-state index contributed by atoms with van der Waals surface area (Å²) in [5, 5.41) is 2.52. The van der Waals surface area contributed by atoms with Crippen LogP contribution in [0.25, 0.3) is 10.8 Å². The van der Waals surface area contributed by atoms with Crippen molar-refractivity contribution in [1.82, 2.24) is 9.55 Å². The minimum Gasteiger partial charge on any atom is -0.369 e. The largest absolute Gasteiger partial charge is 0.369 e. The van der Waals surface area contributed by atoms with Crippen molar-refractivity contribution in [3.63, 3.8) is 0 Å². The molecule has 0 saturated heterocycles. The van der Waals surface area contributed by atoms with Gasteiger partial charge in [-0.2, -0.15) is 0 Å². The molecule has 0 aliphatic rings. The van der Waals surface area contributed by atoms with Gasteiger partial charge in [-0.25, -0.2) is 4.98 Å². The van der Waals surface area contributed by atoms with Crippen LogP contribution in [0.4, 0.5) is 5.95 Å². The number of nitrogen functional groups attached to an aromatic ring is 1. The van der Waals surface area contributed by atoms with Gasteiger partial charge in [-0.05, 0) is 16.3 Å². The van der Waals surface area contributed by atoms with Crippen LogP contribution in [-0.4, -0.2) is 9.55 Å². The number of benzene rings is 2. The Balaban J connectivity index is 2.09. The zero-order chi connectivity index (χ0) is 11.7. The topological polar surface area (TPSA) is 43.8 Å². The Morgan fingerprint density at radius 2 is 1.88 bits per heavy atom. The maximum absolute atomic E-state index is 5.78. The molecule has 0 fully saturated rings. The predicted molar refractivity (Wildman–Crippen MR) is 69.7 cm³/mol. The molecule has 0 aliphatic carbocycles. The van der Waals surface area contributed by atoms with Crippen molar-refractivity contribution in [2.75, 3.05) is 5.73 Å². The van der Waals surface area contributed by atoms with Crippen molar-refractivity contribution in [3.05, 3.63) is 60.4 Å². The first-order valence-electron chi connectivity index (χ1n) is 5.58. The highest BCUT2D eigenvalue weighted by Crippen LogP contribution is 2.19. The number of nitrogens with zero attached hydrogens (tertiary/aromatic N) is 2. The Morgan fingerprint density at radius 1 is 1.06 bits per heavy atom. The molecule has 0 spiro atoms. The maximum Gasteiger partial charge on any atom is 0.200 e. The van der Waals surface area contributed by atoms with Gasteiger partial charge in [0.1, 0.15) is 0 Å². The van der Waals surface area contributed by atoms with Crippen molar-refractivity contribution in [1.29, 1.82) is 0 Å². The third-order valence-corrected chi connectivity index (χ3v) is 2.97. The molecule has 3 nitrogen and oxygen atoms in total. The number of rotatable bonds is 2.